The number of ether oxygens (including phenoxy) is 2. The number of anilines is 1. The molecule has 1 atom stereocenters. The topological polar surface area (TPSA) is 45.2 Å². The van der Waals surface area contributed by atoms with Crippen molar-refractivity contribution in [1.82, 2.24) is 4.90 Å². The molecule has 3 rings (SSSR count). The van der Waals surface area contributed by atoms with Gasteiger partial charge in [-0.3, -0.25) is 4.90 Å². The molecule has 5 nitrogen and oxygen atoms in total. The van der Waals surface area contributed by atoms with Crippen LogP contribution in [0.15, 0.2) is 48.5 Å². The standard InChI is InChI=1S/C21H27ClN2O3/c1-26-21-8-3-2-5-17(21)15-27-16-20(25)14-23-9-11-24(12-10-23)19-7-4-6-18(22)13-19/h2-8,13,20,25H,9-12,14-16H2,1H3. The van der Waals surface area contributed by atoms with Crippen molar-refractivity contribution in [1.29, 1.82) is 0 Å². The van der Waals surface area contributed by atoms with E-state index in [2.05, 4.69) is 15.9 Å². The second kappa shape index (κ2) is 9.95. The number of hydrogen-bond acceptors (Lipinski definition) is 5. The number of nitrogens with zero attached hydrogens (tertiary/aromatic N) is 2. The fourth-order valence-electron chi connectivity index (χ4n) is 3.34. The van der Waals surface area contributed by atoms with Gasteiger partial charge in [0.15, 0.2) is 0 Å². The van der Waals surface area contributed by atoms with Crippen LogP contribution in [0.1, 0.15) is 5.56 Å². The van der Waals surface area contributed by atoms with Gasteiger partial charge in [-0.15, -0.1) is 0 Å². The average molecular weight is 391 g/mol. The number of para-hydroxylation sites is 1. The van der Waals surface area contributed by atoms with Crippen molar-refractivity contribution in [2.75, 3.05) is 51.3 Å². The lowest BCUT2D eigenvalue weighted by atomic mass is 10.2. The molecule has 1 aliphatic heterocycles. The zero-order valence-electron chi connectivity index (χ0n) is 15.7. The lowest BCUT2D eigenvalue weighted by molar-refractivity contribution is 0.00866. The van der Waals surface area contributed by atoms with Gasteiger partial charge in [0.25, 0.3) is 0 Å². The summed E-state index contributed by atoms with van der Waals surface area (Å²) < 4.78 is 11.0. The van der Waals surface area contributed by atoms with E-state index in [9.17, 15) is 5.11 Å². The molecule has 0 saturated carbocycles. The van der Waals surface area contributed by atoms with Crippen LogP contribution >= 0.6 is 11.6 Å². The Morgan fingerprint density at radius 3 is 2.59 bits per heavy atom. The van der Waals surface area contributed by atoms with Gasteiger partial charge in [-0.05, 0) is 24.3 Å². The highest BCUT2D eigenvalue weighted by atomic mass is 35.5. The molecule has 0 aliphatic carbocycles. The van der Waals surface area contributed by atoms with Crippen molar-refractivity contribution in [3.05, 3.63) is 59.1 Å². The number of halogens is 1. The number of benzene rings is 2. The monoisotopic (exact) mass is 390 g/mol. The Bertz CT molecular complexity index is 720. The second-order valence-corrected chi connectivity index (χ2v) is 7.18. The Morgan fingerprint density at radius 2 is 1.85 bits per heavy atom. The quantitative estimate of drug-likeness (QED) is 0.750. The van der Waals surface area contributed by atoms with Gasteiger partial charge >= 0.3 is 0 Å². The van der Waals surface area contributed by atoms with Crippen LogP contribution in [0.2, 0.25) is 5.02 Å². The molecule has 2 aromatic carbocycles. The van der Waals surface area contributed by atoms with Crippen molar-refractivity contribution < 1.29 is 14.6 Å². The first kappa shape index (κ1) is 20.0. The van der Waals surface area contributed by atoms with Crippen molar-refractivity contribution in [3.63, 3.8) is 0 Å². The van der Waals surface area contributed by atoms with E-state index >= 15 is 0 Å². The predicted molar refractivity (Wildman–Crippen MR) is 109 cm³/mol. The summed E-state index contributed by atoms with van der Waals surface area (Å²) in [4.78, 5) is 4.60. The molecule has 1 heterocycles. The highest BCUT2D eigenvalue weighted by Crippen LogP contribution is 2.21. The maximum absolute atomic E-state index is 10.3. The summed E-state index contributed by atoms with van der Waals surface area (Å²) in [5.74, 6) is 0.809. The molecule has 1 fully saturated rings. The molecule has 1 aliphatic rings. The zero-order valence-corrected chi connectivity index (χ0v) is 16.4. The fraction of sp³-hybridized carbons (Fsp3) is 0.429. The van der Waals surface area contributed by atoms with E-state index in [1.807, 2.05) is 42.5 Å². The van der Waals surface area contributed by atoms with Crippen LogP contribution in [0.5, 0.6) is 5.75 Å². The van der Waals surface area contributed by atoms with Gasteiger partial charge in [-0.1, -0.05) is 35.9 Å². The number of rotatable bonds is 8. The van der Waals surface area contributed by atoms with E-state index in [0.29, 0.717) is 19.8 Å². The Hall–Kier alpha value is -1.79. The maximum Gasteiger partial charge on any atom is 0.124 e. The first-order valence-electron chi connectivity index (χ1n) is 9.26. The van der Waals surface area contributed by atoms with Gasteiger partial charge in [0.05, 0.1) is 26.4 Å². The minimum Gasteiger partial charge on any atom is -0.496 e. The summed E-state index contributed by atoms with van der Waals surface area (Å²) >= 11 is 6.08. The van der Waals surface area contributed by atoms with E-state index in [1.54, 1.807) is 7.11 Å². The first-order chi connectivity index (χ1) is 13.2. The van der Waals surface area contributed by atoms with Crippen LogP contribution in [0.3, 0.4) is 0 Å². The number of piperazine rings is 1. The molecule has 146 valence electrons. The number of aliphatic hydroxyl groups is 1. The van der Waals surface area contributed by atoms with Crippen LogP contribution < -0.4 is 9.64 Å². The maximum atomic E-state index is 10.3. The average Bonchev–Trinajstić information content (AvgIpc) is 2.69. The SMILES string of the molecule is COc1ccccc1COCC(O)CN1CCN(c2cccc(Cl)c2)CC1. The van der Waals surface area contributed by atoms with Crippen molar-refractivity contribution in [2.45, 2.75) is 12.7 Å². The largest absolute Gasteiger partial charge is 0.496 e. The zero-order chi connectivity index (χ0) is 19.1. The highest BCUT2D eigenvalue weighted by molar-refractivity contribution is 6.30. The lowest BCUT2D eigenvalue weighted by Gasteiger charge is -2.36. The van der Waals surface area contributed by atoms with Crippen LogP contribution in [0.25, 0.3) is 0 Å². The molecule has 0 spiro atoms. The summed E-state index contributed by atoms with van der Waals surface area (Å²) in [5, 5.41) is 11.1. The predicted octanol–water partition coefficient (Wildman–Crippen LogP) is 3.05. The number of hydrogen-bond donors (Lipinski definition) is 1. The third-order valence-corrected chi connectivity index (χ3v) is 5.01. The third-order valence-electron chi connectivity index (χ3n) is 4.77. The molecule has 27 heavy (non-hydrogen) atoms. The first-order valence-corrected chi connectivity index (χ1v) is 9.64. The normalized spacial score (nSPS) is 16.3. The number of aliphatic hydroxyl groups excluding tert-OH is 1. The number of methoxy groups -OCH3 is 1. The minimum absolute atomic E-state index is 0.312. The third kappa shape index (κ3) is 5.84. The van der Waals surface area contributed by atoms with Crippen molar-refractivity contribution in [2.24, 2.45) is 0 Å². The lowest BCUT2D eigenvalue weighted by Crippen LogP contribution is -2.49. The molecular formula is C21H27ClN2O3. The molecule has 0 amide bonds. The Kier molecular flexibility index (Phi) is 7.35. The van der Waals surface area contributed by atoms with Crippen LogP contribution in [-0.2, 0) is 11.3 Å². The summed E-state index contributed by atoms with van der Waals surface area (Å²) in [6, 6.07) is 15.7. The van der Waals surface area contributed by atoms with Gasteiger partial charge in [0.2, 0.25) is 0 Å². The van der Waals surface area contributed by atoms with Crippen molar-refractivity contribution in [3.8, 4) is 5.75 Å². The molecule has 2 aromatic rings. The molecule has 6 heteroatoms. The Balaban J connectivity index is 1.38. The molecule has 0 aromatic heterocycles. The van der Waals surface area contributed by atoms with Gasteiger partial charge in [-0.25, -0.2) is 0 Å². The van der Waals surface area contributed by atoms with Crippen LogP contribution in [0.4, 0.5) is 5.69 Å². The van der Waals surface area contributed by atoms with Gasteiger partial charge < -0.3 is 19.5 Å². The van der Waals surface area contributed by atoms with E-state index in [0.717, 1.165) is 48.2 Å². The molecule has 0 radical (unpaired) electrons. The minimum atomic E-state index is -0.502. The van der Waals surface area contributed by atoms with E-state index in [-0.39, 0.29) is 0 Å². The molecule has 1 unspecified atom stereocenters. The molecule has 1 saturated heterocycles. The van der Waals surface area contributed by atoms with Crippen molar-refractivity contribution >= 4 is 17.3 Å². The smallest absolute Gasteiger partial charge is 0.124 e. The summed E-state index contributed by atoms with van der Waals surface area (Å²) in [6.07, 6.45) is -0.502. The summed E-state index contributed by atoms with van der Waals surface area (Å²) in [6.45, 7) is 5.04. The highest BCUT2D eigenvalue weighted by Gasteiger charge is 2.19. The fourth-order valence-corrected chi connectivity index (χ4v) is 3.52. The molecule has 1 N–H and O–H groups in total. The second-order valence-electron chi connectivity index (χ2n) is 6.75. The van der Waals surface area contributed by atoms with E-state index in [4.69, 9.17) is 21.1 Å². The van der Waals surface area contributed by atoms with Gasteiger partial charge in [0, 0.05) is 49.0 Å². The van der Waals surface area contributed by atoms with Gasteiger partial charge in [-0.2, -0.15) is 0 Å². The van der Waals surface area contributed by atoms with Crippen LogP contribution in [0, 0.1) is 0 Å². The summed E-state index contributed by atoms with van der Waals surface area (Å²) in [5.41, 5.74) is 2.14. The molecular weight excluding hydrogens is 364 g/mol. The summed E-state index contributed by atoms with van der Waals surface area (Å²) in [7, 11) is 1.65. The number of β-amino-alcohol motifs (C(OH)–C–C–N with tert-alkyl or cyclic N) is 1. The Labute approximate surface area is 166 Å². The van der Waals surface area contributed by atoms with E-state index < -0.39 is 6.10 Å². The van der Waals surface area contributed by atoms with E-state index in [1.165, 1.54) is 0 Å². The Morgan fingerprint density at radius 1 is 1.07 bits per heavy atom. The van der Waals surface area contributed by atoms with Gasteiger partial charge in [0.1, 0.15) is 5.75 Å². The van der Waals surface area contributed by atoms with Crippen LogP contribution in [-0.4, -0.2) is 62.6 Å². The molecule has 0 bridgehead atoms.